The van der Waals surface area contributed by atoms with Gasteiger partial charge in [-0.05, 0) is 30.7 Å². The van der Waals surface area contributed by atoms with Gasteiger partial charge in [-0.25, -0.2) is 0 Å². The first-order chi connectivity index (χ1) is 7.53. The average Bonchev–Trinajstić information content (AvgIpc) is 2.24. The summed E-state index contributed by atoms with van der Waals surface area (Å²) in [6.07, 6.45) is 9.63. The number of allylic oxidation sites excluding steroid dienone is 1. The van der Waals surface area contributed by atoms with E-state index in [0.717, 1.165) is 19.0 Å². The van der Waals surface area contributed by atoms with Gasteiger partial charge in [0.25, 0.3) is 0 Å². The Labute approximate surface area is 102 Å². The van der Waals surface area contributed by atoms with Crippen molar-refractivity contribution in [2.45, 2.75) is 59.8 Å². The van der Waals surface area contributed by atoms with Crippen LogP contribution in [0.15, 0.2) is 11.6 Å². The third-order valence-electron chi connectivity index (χ3n) is 3.33. The van der Waals surface area contributed by atoms with E-state index >= 15 is 0 Å². The Balaban J connectivity index is 2.65. The molecule has 0 aromatic rings. The molecule has 1 saturated carbocycles. The molecule has 0 saturated heterocycles. The van der Waals surface area contributed by atoms with Gasteiger partial charge >= 0.3 is 0 Å². The van der Waals surface area contributed by atoms with Gasteiger partial charge in [-0.3, -0.25) is 0 Å². The van der Waals surface area contributed by atoms with Crippen molar-refractivity contribution in [1.82, 2.24) is 5.32 Å². The zero-order valence-electron chi connectivity index (χ0n) is 11.6. The molecule has 1 N–H and O–H groups in total. The number of hydrogen-bond acceptors (Lipinski definition) is 1. The molecule has 0 atom stereocenters. The molecule has 1 aliphatic rings. The Kier molecular flexibility index (Phi) is 5.54. The molecule has 0 spiro atoms. The highest BCUT2D eigenvalue weighted by Gasteiger charge is 2.19. The van der Waals surface area contributed by atoms with Crippen molar-refractivity contribution in [3.8, 4) is 0 Å². The van der Waals surface area contributed by atoms with Crippen molar-refractivity contribution in [2.24, 2.45) is 11.3 Å². The fraction of sp³-hybridized carbons (Fsp3) is 0.867. The number of likely N-dealkylation sites (N-methyl/N-ethyl adjacent to an activating group) is 1. The van der Waals surface area contributed by atoms with E-state index < -0.39 is 0 Å². The summed E-state index contributed by atoms with van der Waals surface area (Å²) < 4.78 is 0. The second-order valence-corrected chi connectivity index (χ2v) is 6.20. The van der Waals surface area contributed by atoms with Gasteiger partial charge in [-0.15, -0.1) is 0 Å². The van der Waals surface area contributed by atoms with Crippen LogP contribution in [0, 0.1) is 11.3 Å². The largest absolute Gasteiger partial charge is 0.313 e. The van der Waals surface area contributed by atoms with Crippen molar-refractivity contribution < 1.29 is 0 Å². The minimum absolute atomic E-state index is 0.322. The molecule has 1 nitrogen and oxygen atoms in total. The van der Waals surface area contributed by atoms with E-state index in [-0.39, 0.29) is 0 Å². The summed E-state index contributed by atoms with van der Waals surface area (Å²) in [5.41, 5.74) is 1.98. The van der Waals surface area contributed by atoms with Crippen LogP contribution in [0.25, 0.3) is 0 Å². The molecular formula is C15H29N. The van der Waals surface area contributed by atoms with E-state index in [1.165, 1.54) is 32.1 Å². The molecule has 0 amide bonds. The molecule has 0 aliphatic heterocycles. The highest BCUT2D eigenvalue weighted by Crippen LogP contribution is 2.31. The predicted molar refractivity (Wildman–Crippen MR) is 72.7 cm³/mol. The molecule has 94 valence electrons. The van der Waals surface area contributed by atoms with Crippen molar-refractivity contribution in [3.05, 3.63) is 11.6 Å². The minimum Gasteiger partial charge on any atom is -0.313 e. The summed E-state index contributed by atoms with van der Waals surface area (Å²) in [5.74, 6) is 0.854. The zero-order chi connectivity index (χ0) is 12.0. The second-order valence-electron chi connectivity index (χ2n) is 6.20. The van der Waals surface area contributed by atoms with E-state index in [2.05, 4.69) is 39.1 Å². The van der Waals surface area contributed by atoms with Crippen LogP contribution in [0.4, 0.5) is 0 Å². The van der Waals surface area contributed by atoms with Crippen LogP contribution < -0.4 is 5.32 Å². The molecule has 1 heteroatoms. The Hall–Kier alpha value is -0.300. The summed E-state index contributed by atoms with van der Waals surface area (Å²) in [6, 6.07) is 0. The number of nitrogens with one attached hydrogen (secondary N) is 1. The van der Waals surface area contributed by atoms with Gasteiger partial charge in [0, 0.05) is 6.54 Å². The van der Waals surface area contributed by atoms with E-state index in [1.54, 1.807) is 5.57 Å². The monoisotopic (exact) mass is 223 g/mol. The van der Waals surface area contributed by atoms with E-state index in [0.29, 0.717) is 5.41 Å². The maximum Gasteiger partial charge on any atom is 0.0167 e. The molecule has 0 radical (unpaired) electrons. The van der Waals surface area contributed by atoms with Crippen LogP contribution in [0.1, 0.15) is 59.8 Å². The Bertz CT molecular complexity index is 216. The third kappa shape index (κ3) is 5.16. The average molecular weight is 223 g/mol. The minimum atomic E-state index is 0.322. The molecule has 0 aromatic heterocycles. The molecule has 1 aliphatic carbocycles. The van der Waals surface area contributed by atoms with Crippen LogP contribution in [0.2, 0.25) is 0 Å². The van der Waals surface area contributed by atoms with Gasteiger partial charge in [-0.1, -0.05) is 58.6 Å². The Morgan fingerprint density at radius 1 is 1.19 bits per heavy atom. The molecular weight excluding hydrogens is 194 g/mol. The second kappa shape index (κ2) is 6.44. The van der Waals surface area contributed by atoms with Crippen LogP contribution in [-0.4, -0.2) is 13.1 Å². The van der Waals surface area contributed by atoms with Gasteiger partial charge in [0.15, 0.2) is 0 Å². The molecule has 0 bridgehead atoms. The first-order valence-corrected chi connectivity index (χ1v) is 6.95. The van der Waals surface area contributed by atoms with Gasteiger partial charge in [-0.2, -0.15) is 0 Å². The summed E-state index contributed by atoms with van der Waals surface area (Å²) in [6.45, 7) is 11.3. The first-order valence-electron chi connectivity index (χ1n) is 6.95. The molecule has 0 heterocycles. The van der Waals surface area contributed by atoms with Gasteiger partial charge in [0.05, 0.1) is 0 Å². The van der Waals surface area contributed by atoms with Crippen molar-refractivity contribution in [3.63, 3.8) is 0 Å². The molecule has 16 heavy (non-hydrogen) atoms. The Morgan fingerprint density at radius 3 is 2.31 bits per heavy atom. The summed E-state index contributed by atoms with van der Waals surface area (Å²) in [7, 11) is 0. The lowest BCUT2D eigenvalue weighted by Gasteiger charge is -2.27. The zero-order valence-corrected chi connectivity index (χ0v) is 11.6. The van der Waals surface area contributed by atoms with Crippen LogP contribution in [0.3, 0.4) is 0 Å². The lowest BCUT2D eigenvalue weighted by atomic mass is 9.80. The van der Waals surface area contributed by atoms with E-state index in [9.17, 15) is 0 Å². The molecule has 0 unspecified atom stereocenters. The summed E-state index contributed by atoms with van der Waals surface area (Å²) in [4.78, 5) is 0. The van der Waals surface area contributed by atoms with Crippen LogP contribution >= 0.6 is 0 Å². The van der Waals surface area contributed by atoms with Crippen molar-refractivity contribution in [1.29, 1.82) is 0 Å². The van der Waals surface area contributed by atoms with E-state index in [1.807, 2.05) is 0 Å². The molecule has 1 rings (SSSR count). The SMILES string of the molecule is CCNCC(=CC(C)(C)C)C1CCCCC1. The maximum absolute atomic E-state index is 3.50. The lowest BCUT2D eigenvalue weighted by molar-refractivity contribution is 0.388. The quantitative estimate of drug-likeness (QED) is 0.706. The summed E-state index contributed by atoms with van der Waals surface area (Å²) in [5, 5.41) is 3.50. The van der Waals surface area contributed by atoms with E-state index in [4.69, 9.17) is 0 Å². The standard InChI is InChI=1S/C15H29N/c1-5-16-12-14(11-15(2,3)4)13-9-7-6-8-10-13/h11,13,16H,5-10,12H2,1-4H3. The van der Waals surface area contributed by atoms with Crippen LogP contribution in [-0.2, 0) is 0 Å². The number of hydrogen-bond donors (Lipinski definition) is 1. The Morgan fingerprint density at radius 2 is 1.81 bits per heavy atom. The highest BCUT2D eigenvalue weighted by atomic mass is 14.8. The van der Waals surface area contributed by atoms with Crippen molar-refractivity contribution in [2.75, 3.05) is 13.1 Å². The van der Waals surface area contributed by atoms with Gasteiger partial charge in [0.2, 0.25) is 0 Å². The molecule has 0 aromatic carbocycles. The number of rotatable bonds is 4. The van der Waals surface area contributed by atoms with Crippen molar-refractivity contribution >= 4 is 0 Å². The van der Waals surface area contributed by atoms with Gasteiger partial charge in [0.1, 0.15) is 0 Å². The lowest BCUT2D eigenvalue weighted by Crippen LogP contribution is -2.23. The van der Waals surface area contributed by atoms with Gasteiger partial charge < -0.3 is 5.32 Å². The fourth-order valence-corrected chi connectivity index (χ4v) is 2.61. The maximum atomic E-state index is 3.50. The highest BCUT2D eigenvalue weighted by molar-refractivity contribution is 5.13. The first kappa shape index (κ1) is 13.8. The molecule has 1 fully saturated rings. The van der Waals surface area contributed by atoms with Crippen LogP contribution in [0.5, 0.6) is 0 Å². The third-order valence-corrected chi connectivity index (χ3v) is 3.33. The topological polar surface area (TPSA) is 12.0 Å². The smallest absolute Gasteiger partial charge is 0.0167 e. The predicted octanol–water partition coefficient (Wildman–Crippen LogP) is 4.15. The normalized spacial score (nSPS) is 20.1. The summed E-state index contributed by atoms with van der Waals surface area (Å²) >= 11 is 0. The fourth-order valence-electron chi connectivity index (χ4n) is 2.61.